The van der Waals surface area contributed by atoms with Crippen LogP contribution in [0.25, 0.3) is 5.57 Å². The van der Waals surface area contributed by atoms with Crippen LogP contribution in [0.5, 0.6) is 0 Å². The predicted octanol–water partition coefficient (Wildman–Crippen LogP) is 5.38. The molecule has 0 amide bonds. The quantitative estimate of drug-likeness (QED) is 0.561. The van der Waals surface area contributed by atoms with Crippen LogP contribution < -0.4 is 0 Å². The zero-order valence-corrected chi connectivity index (χ0v) is 16.3. The first-order valence-electron chi connectivity index (χ1n) is 7.67. The number of nitrogens with zero attached hydrogens (tertiary/aromatic N) is 3. The lowest BCUT2D eigenvalue weighted by molar-refractivity contribution is 0.409. The van der Waals surface area contributed by atoms with Gasteiger partial charge >= 0.3 is 0 Å². The molecule has 0 radical (unpaired) electrons. The topological polar surface area (TPSA) is 48.7 Å². The number of hydrogen-bond acceptors (Lipinski definition) is 5. The second-order valence-corrected chi connectivity index (χ2v) is 8.12. The van der Waals surface area contributed by atoms with E-state index in [9.17, 15) is 5.11 Å². The maximum atomic E-state index is 10.3. The van der Waals surface area contributed by atoms with Crippen LogP contribution >= 0.6 is 34.7 Å². The summed E-state index contributed by atoms with van der Waals surface area (Å²) in [7, 11) is 1.77. The normalized spacial score (nSPS) is 20.0. The lowest BCUT2D eigenvalue weighted by Gasteiger charge is -2.29. The van der Waals surface area contributed by atoms with Crippen molar-refractivity contribution < 1.29 is 5.11 Å². The molecule has 1 unspecified atom stereocenters. The molecule has 1 aliphatic heterocycles. The Hall–Kier alpha value is -1.76. The van der Waals surface area contributed by atoms with Crippen LogP contribution in [0.1, 0.15) is 23.4 Å². The maximum Gasteiger partial charge on any atom is 0.183 e. The molecule has 0 aliphatic carbocycles. The van der Waals surface area contributed by atoms with Gasteiger partial charge in [-0.1, -0.05) is 60.3 Å². The largest absolute Gasteiger partial charge is 0.512 e. The van der Waals surface area contributed by atoms with Gasteiger partial charge in [0.1, 0.15) is 0 Å². The van der Waals surface area contributed by atoms with Crippen LogP contribution in [0.2, 0.25) is 4.47 Å². The monoisotopic (exact) mass is 391 g/mol. The van der Waals surface area contributed by atoms with Gasteiger partial charge in [0.25, 0.3) is 0 Å². The standard InChI is InChI=1S/C18H18ClN3OS2/c1-11(16(12(2)23)13-7-5-4-6-8-13)22-14(10-24-18(22)20-3)15-9-21-17(19)25-15/h4-9,14,23H,1,10H2,2-3H3/b16-12-,20-18-. The number of halogens is 1. The summed E-state index contributed by atoms with van der Waals surface area (Å²) in [6.45, 7) is 5.96. The van der Waals surface area contributed by atoms with Gasteiger partial charge in [-0.2, -0.15) is 0 Å². The number of aliphatic hydroxyl groups excluding tert-OH is 1. The van der Waals surface area contributed by atoms with Gasteiger partial charge in [0.05, 0.1) is 11.8 Å². The average Bonchev–Trinajstić information content (AvgIpc) is 3.21. The molecule has 1 aromatic heterocycles. The second-order valence-electron chi connectivity index (χ2n) is 5.49. The molecule has 0 spiro atoms. The van der Waals surface area contributed by atoms with E-state index >= 15 is 0 Å². The van der Waals surface area contributed by atoms with E-state index in [1.54, 1.807) is 31.9 Å². The number of benzene rings is 1. The lowest BCUT2D eigenvalue weighted by atomic mass is 10.0. The third-order valence-electron chi connectivity index (χ3n) is 3.91. The first-order valence-corrected chi connectivity index (χ1v) is 9.85. The number of aromatic nitrogens is 1. The zero-order chi connectivity index (χ0) is 18.0. The molecule has 0 bridgehead atoms. The molecule has 4 nitrogen and oxygen atoms in total. The summed E-state index contributed by atoms with van der Waals surface area (Å²) < 4.78 is 0.518. The van der Waals surface area contributed by atoms with E-state index < -0.39 is 0 Å². The van der Waals surface area contributed by atoms with Crippen LogP contribution in [-0.2, 0) is 0 Å². The van der Waals surface area contributed by atoms with Crippen LogP contribution in [0, 0.1) is 0 Å². The highest BCUT2D eigenvalue weighted by Gasteiger charge is 2.36. The third-order valence-corrected chi connectivity index (χ3v) is 6.24. The van der Waals surface area contributed by atoms with E-state index in [4.69, 9.17) is 11.6 Å². The Morgan fingerprint density at radius 3 is 2.68 bits per heavy atom. The van der Waals surface area contributed by atoms with Crippen molar-refractivity contribution in [2.24, 2.45) is 4.99 Å². The maximum absolute atomic E-state index is 10.3. The minimum Gasteiger partial charge on any atom is -0.512 e. The molecule has 7 heteroatoms. The number of hydrogen-bond donors (Lipinski definition) is 1. The predicted molar refractivity (Wildman–Crippen MR) is 108 cm³/mol. The van der Waals surface area contributed by atoms with Gasteiger partial charge in [0, 0.05) is 35.1 Å². The van der Waals surface area contributed by atoms with Crippen molar-refractivity contribution in [1.29, 1.82) is 0 Å². The highest BCUT2D eigenvalue weighted by Crippen LogP contribution is 2.43. The van der Waals surface area contributed by atoms with E-state index in [1.807, 2.05) is 30.3 Å². The van der Waals surface area contributed by atoms with Crippen LogP contribution in [-0.4, -0.2) is 33.0 Å². The Balaban J connectivity index is 2.03. The number of thioether (sulfide) groups is 1. The molecule has 1 N–H and O–H groups in total. The molecule has 130 valence electrons. The molecule has 1 atom stereocenters. The fourth-order valence-electron chi connectivity index (χ4n) is 2.84. The van der Waals surface area contributed by atoms with Gasteiger partial charge in [-0.3, -0.25) is 4.99 Å². The smallest absolute Gasteiger partial charge is 0.183 e. The molecule has 3 rings (SSSR count). The minimum atomic E-state index is 0.0410. The van der Waals surface area contributed by atoms with Gasteiger partial charge in [0.2, 0.25) is 0 Å². The molecule has 1 aliphatic rings. The van der Waals surface area contributed by atoms with Crippen molar-refractivity contribution in [3.63, 3.8) is 0 Å². The minimum absolute atomic E-state index is 0.0410. The molecule has 1 aromatic carbocycles. The summed E-state index contributed by atoms with van der Waals surface area (Å²) in [4.78, 5) is 11.7. The van der Waals surface area contributed by atoms with Crippen molar-refractivity contribution in [3.8, 4) is 0 Å². The van der Waals surface area contributed by atoms with E-state index in [1.165, 1.54) is 11.3 Å². The van der Waals surface area contributed by atoms with E-state index in [-0.39, 0.29) is 11.8 Å². The summed E-state index contributed by atoms with van der Waals surface area (Å²) in [6.07, 6.45) is 1.80. The number of aliphatic imine (C=N–C) groups is 1. The molecule has 2 heterocycles. The molecule has 25 heavy (non-hydrogen) atoms. The molecule has 2 aromatic rings. The van der Waals surface area contributed by atoms with Gasteiger partial charge in [-0.25, -0.2) is 4.98 Å². The number of rotatable bonds is 4. The Bertz CT molecular complexity index is 841. The average molecular weight is 392 g/mol. The molecule has 0 saturated carbocycles. The van der Waals surface area contributed by atoms with Crippen molar-refractivity contribution in [2.75, 3.05) is 12.8 Å². The summed E-state index contributed by atoms with van der Waals surface area (Å²) in [5.74, 6) is 1.06. The van der Waals surface area contributed by atoms with E-state index in [2.05, 4.69) is 21.5 Å². The Morgan fingerprint density at radius 1 is 1.40 bits per heavy atom. The van der Waals surface area contributed by atoms with Crippen molar-refractivity contribution in [1.82, 2.24) is 9.88 Å². The first kappa shape index (κ1) is 18.0. The molecular formula is C18H18ClN3OS2. The van der Waals surface area contributed by atoms with Crippen molar-refractivity contribution in [2.45, 2.75) is 13.0 Å². The Morgan fingerprint density at radius 2 is 2.12 bits per heavy atom. The Kier molecular flexibility index (Phi) is 5.51. The summed E-state index contributed by atoms with van der Waals surface area (Å²) in [6, 6.07) is 9.80. The van der Waals surface area contributed by atoms with Gasteiger partial charge in [-0.15, -0.1) is 11.3 Å². The number of thiazole rings is 1. The van der Waals surface area contributed by atoms with Crippen LogP contribution in [0.4, 0.5) is 0 Å². The summed E-state index contributed by atoms with van der Waals surface area (Å²) in [5, 5.41) is 11.2. The van der Waals surface area contributed by atoms with Crippen molar-refractivity contribution in [3.05, 3.63) is 69.5 Å². The fourth-order valence-corrected chi connectivity index (χ4v) is 5.14. The van der Waals surface area contributed by atoms with Gasteiger partial charge < -0.3 is 10.0 Å². The molecular weight excluding hydrogens is 374 g/mol. The molecule has 1 saturated heterocycles. The number of allylic oxidation sites excluding steroid dienone is 2. The highest BCUT2D eigenvalue weighted by molar-refractivity contribution is 8.14. The fraction of sp³-hybridized carbons (Fsp3) is 0.222. The van der Waals surface area contributed by atoms with E-state index in [0.29, 0.717) is 15.7 Å². The highest BCUT2D eigenvalue weighted by atomic mass is 35.5. The van der Waals surface area contributed by atoms with Gasteiger partial charge in [0.15, 0.2) is 9.63 Å². The van der Waals surface area contributed by atoms with E-state index in [0.717, 1.165) is 21.4 Å². The van der Waals surface area contributed by atoms with Crippen molar-refractivity contribution >= 4 is 45.4 Å². The number of aliphatic hydroxyl groups is 1. The van der Waals surface area contributed by atoms with Crippen LogP contribution in [0.15, 0.2) is 59.6 Å². The zero-order valence-electron chi connectivity index (χ0n) is 13.9. The lowest BCUT2D eigenvalue weighted by Crippen LogP contribution is -2.27. The SMILES string of the molecule is C=C(/C(=C(\C)O)c1ccccc1)N1/C(=N/C)SCC1c1cnc(Cl)s1. The number of amidine groups is 1. The summed E-state index contributed by atoms with van der Waals surface area (Å²) in [5.41, 5.74) is 2.34. The first-order chi connectivity index (χ1) is 12.0. The third kappa shape index (κ3) is 3.61. The van der Waals surface area contributed by atoms with Crippen LogP contribution in [0.3, 0.4) is 0 Å². The molecule has 1 fully saturated rings. The second kappa shape index (κ2) is 7.64. The summed E-state index contributed by atoms with van der Waals surface area (Å²) >= 11 is 9.15. The van der Waals surface area contributed by atoms with Gasteiger partial charge in [-0.05, 0) is 12.5 Å². The Labute approximate surface area is 160 Å².